The summed E-state index contributed by atoms with van der Waals surface area (Å²) in [6, 6.07) is 3.30. The molecule has 2 amide bonds. The zero-order chi connectivity index (χ0) is 14.4. The van der Waals surface area contributed by atoms with Gasteiger partial charge in [-0.25, -0.2) is 4.79 Å². The van der Waals surface area contributed by atoms with Gasteiger partial charge in [-0.15, -0.1) is 0 Å². The van der Waals surface area contributed by atoms with Gasteiger partial charge in [0.05, 0.1) is 12.0 Å². The summed E-state index contributed by atoms with van der Waals surface area (Å²) in [5.41, 5.74) is 1.06. The maximum absolute atomic E-state index is 11.6. The Balaban J connectivity index is 1.67. The van der Waals surface area contributed by atoms with Crippen molar-refractivity contribution in [3.63, 3.8) is 0 Å². The average molecular weight is 275 g/mol. The average Bonchev–Trinajstić information content (AvgIpc) is 2.88. The molecule has 2 rings (SSSR count). The molecule has 0 spiro atoms. The van der Waals surface area contributed by atoms with Crippen LogP contribution in [0.4, 0.5) is 4.79 Å². The number of rotatable bonds is 5. The number of amides is 2. The smallest absolute Gasteiger partial charge is 0.315 e. The molecule has 0 bridgehead atoms. The molecule has 6 heteroatoms. The number of aromatic nitrogens is 1. The molecule has 6 nitrogen and oxygen atoms in total. The molecule has 1 aliphatic carbocycles. The van der Waals surface area contributed by atoms with Gasteiger partial charge in [0.25, 0.3) is 0 Å². The van der Waals surface area contributed by atoms with Gasteiger partial charge in [0.2, 0.25) is 0 Å². The van der Waals surface area contributed by atoms with Crippen molar-refractivity contribution in [1.29, 1.82) is 0 Å². The molecule has 2 unspecified atom stereocenters. The van der Waals surface area contributed by atoms with Gasteiger partial charge in [0, 0.05) is 18.9 Å². The number of nitrogens with one attached hydrogen (secondary N) is 2. The molecule has 1 heterocycles. The topological polar surface area (TPSA) is 91.3 Å². The van der Waals surface area contributed by atoms with Crippen LogP contribution in [0, 0.1) is 5.92 Å². The fourth-order valence-corrected chi connectivity index (χ4v) is 2.07. The van der Waals surface area contributed by atoms with E-state index in [0.717, 1.165) is 5.56 Å². The van der Waals surface area contributed by atoms with E-state index in [1.165, 1.54) is 0 Å². The molecule has 1 aliphatic rings. The molecule has 0 aromatic carbocycles. The summed E-state index contributed by atoms with van der Waals surface area (Å²) in [5.74, 6) is -1.36. The Morgan fingerprint density at radius 1 is 1.40 bits per heavy atom. The van der Waals surface area contributed by atoms with Crippen LogP contribution in [0.2, 0.25) is 0 Å². The normalized spacial score (nSPS) is 20.6. The molecule has 1 aromatic rings. The van der Waals surface area contributed by atoms with Gasteiger partial charge >= 0.3 is 12.0 Å². The second-order valence-corrected chi connectivity index (χ2v) is 4.68. The molecule has 0 radical (unpaired) electrons. The lowest BCUT2D eigenvalue weighted by Crippen LogP contribution is -2.41. The predicted molar refractivity (Wildman–Crippen MR) is 73.1 cm³/mol. The van der Waals surface area contributed by atoms with Gasteiger partial charge < -0.3 is 15.7 Å². The van der Waals surface area contributed by atoms with Crippen LogP contribution >= 0.6 is 0 Å². The third-order valence-corrected chi connectivity index (χ3v) is 3.14. The number of hydrogen-bond acceptors (Lipinski definition) is 3. The van der Waals surface area contributed by atoms with Gasteiger partial charge in [-0.1, -0.05) is 18.2 Å². The van der Waals surface area contributed by atoms with E-state index >= 15 is 0 Å². The van der Waals surface area contributed by atoms with E-state index in [1.807, 2.05) is 12.1 Å². The fraction of sp³-hybridized carbons (Fsp3) is 0.357. The van der Waals surface area contributed by atoms with Crippen molar-refractivity contribution in [3.8, 4) is 0 Å². The lowest BCUT2D eigenvalue weighted by atomic mass is 10.1. The molecule has 106 valence electrons. The SMILES string of the molecule is O=C(NCCc1cccnc1)NC1C=CC(C(=O)O)C1. The van der Waals surface area contributed by atoms with Crippen molar-refractivity contribution in [3.05, 3.63) is 42.2 Å². The van der Waals surface area contributed by atoms with Crippen LogP contribution in [0.15, 0.2) is 36.7 Å². The third-order valence-electron chi connectivity index (χ3n) is 3.14. The van der Waals surface area contributed by atoms with Crippen LogP contribution < -0.4 is 10.6 Å². The molecule has 0 aliphatic heterocycles. The minimum absolute atomic E-state index is 0.213. The highest BCUT2D eigenvalue weighted by Gasteiger charge is 2.25. The summed E-state index contributed by atoms with van der Waals surface area (Å²) in [5, 5.41) is 14.3. The van der Waals surface area contributed by atoms with Crippen molar-refractivity contribution in [1.82, 2.24) is 15.6 Å². The van der Waals surface area contributed by atoms with Crippen molar-refractivity contribution >= 4 is 12.0 Å². The minimum atomic E-state index is -0.859. The zero-order valence-corrected chi connectivity index (χ0v) is 11.0. The summed E-state index contributed by atoms with van der Waals surface area (Å²) in [7, 11) is 0. The van der Waals surface area contributed by atoms with Crippen LogP contribution in [-0.4, -0.2) is 34.7 Å². The van der Waals surface area contributed by atoms with E-state index in [-0.39, 0.29) is 12.1 Å². The van der Waals surface area contributed by atoms with Crippen LogP contribution in [0.1, 0.15) is 12.0 Å². The first-order valence-corrected chi connectivity index (χ1v) is 6.49. The Labute approximate surface area is 116 Å². The standard InChI is InChI=1S/C14H17N3O3/c18-13(19)11-3-4-12(8-11)17-14(20)16-7-5-10-2-1-6-15-9-10/h1-4,6,9,11-12H,5,7-8H2,(H,18,19)(H2,16,17,20). The summed E-state index contributed by atoms with van der Waals surface area (Å²) >= 11 is 0. The van der Waals surface area contributed by atoms with Crippen molar-refractivity contribution < 1.29 is 14.7 Å². The van der Waals surface area contributed by atoms with Gasteiger partial charge in [-0.3, -0.25) is 9.78 Å². The van der Waals surface area contributed by atoms with Gasteiger partial charge in [-0.05, 0) is 24.5 Å². The first-order valence-electron chi connectivity index (χ1n) is 6.49. The maximum Gasteiger partial charge on any atom is 0.315 e. The van der Waals surface area contributed by atoms with Crippen LogP contribution in [0.3, 0.4) is 0 Å². The summed E-state index contributed by atoms with van der Waals surface area (Å²) in [6.45, 7) is 0.510. The molecule has 2 atom stereocenters. The Morgan fingerprint density at radius 2 is 2.25 bits per heavy atom. The number of urea groups is 1. The molecule has 20 heavy (non-hydrogen) atoms. The highest BCUT2D eigenvalue weighted by atomic mass is 16.4. The number of carbonyl (C=O) groups is 2. The Bertz CT molecular complexity index is 502. The molecule has 0 saturated carbocycles. The van der Waals surface area contributed by atoms with Crippen LogP contribution in [-0.2, 0) is 11.2 Å². The van der Waals surface area contributed by atoms with Crippen LogP contribution in [0.25, 0.3) is 0 Å². The predicted octanol–water partition coefficient (Wildman–Crippen LogP) is 0.953. The zero-order valence-electron chi connectivity index (χ0n) is 11.0. The fourth-order valence-electron chi connectivity index (χ4n) is 2.07. The lowest BCUT2D eigenvalue weighted by molar-refractivity contribution is -0.140. The Hall–Kier alpha value is -2.37. The largest absolute Gasteiger partial charge is 0.481 e. The monoisotopic (exact) mass is 275 g/mol. The van der Waals surface area contributed by atoms with Crippen molar-refractivity contribution in [2.24, 2.45) is 5.92 Å². The van der Waals surface area contributed by atoms with Gasteiger partial charge in [0.1, 0.15) is 0 Å². The van der Waals surface area contributed by atoms with Crippen molar-refractivity contribution in [2.75, 3.05) is 6.54 Å². The molecule has 1 aromatic heterocycles. The first kappa shape index (κ1) is 14.0. The number of carboxylic acids is 1. The number of carboxylic acid groups (broad SMARTS) is 1. The molecule has 3 N–H and O–H groups in total. The first-order chi connectivity index (χ1) is 9.65. The molecular formula is C14H17N3O3. The number of aliphatic carboxylic acids is 1. The van der Waals surface area contributed by atoms with E-state index in [2.05, 4.69) is 15.6 Å². The van der Waals surface area contributed by atoms with E-state index in [4.69, 9.17) is 5.11 Å². The van der Waals surface area contributed by atoms with E-state index in [1.54, 1.807) is 24.5 Å². The Morgan fingerprint density at radius 3 is 2.90 bits per heavy atom. The number of hydrogen-bond donors (Lipinski definition) is 3. The second-order valence-electron chi connectivity index (χ2n) is 4.68. The summed E-state index contributed by atoms with van der Waals surface area (Å²) in [6.07, 6.45) is 7.92. The summed E-state index contributed by atoms with van der Waals surface area (Å²) < 4.78 is 0. The van der Waals surface area contributed by atoms with Crippen molar-refractivity contribution in [2.45, 2.75) is 18.9 Å². The van der Waals surface area contributed by atoms with Crippen LogP contribution in [0.5, 0.6) is 0 Å². The third kappa shape index (κ3) is 4.08. The molecule has 0 saturated heterocycles. The van der Waals surface area contributed by atoms with E-state index in [9.17, 15) is 9.59 Å². The minimum Gasteiger partial charge on any atom is -0.481 e. The lowest BCUT2D eigenvalue weighted by Gasteiger charge is -2.13. The summed E-state index contributed by atoms with van der Waals surface area (Å²) in [4.78, 5) is 26.4. The maximum atomic E-state index is 11.6. The van der Waals surface area contributed by atoms with Gasteiger partial charge in [0.15, 0.2) is 0 Å². The number of nitrogens with zero attached hydrogens (tertiary/aromatic N) is 1. The number of pyridine rings is 1. The van der Waals surface area contributed by atoms with E-state index < -0.39 is 11.9 Å². The Kier molecular flexibility index (Phi) is 4.70. The van der Waals surface area contributed by atoms with E-state index in [0.29, 0.717) is 19.4 Å². The molecular weight excluding hydrogens is 258 g/mol. The number of carbonyl (C=O) groups excluding carboxylic acids is 1. The molecule has 0 fully saturated rings. The quantitative estimate of drug-likeness (QED) is 0.698. The second kappa shape index (κ2) is 6.70. The highest BCUT2D eigenvalue weighted by molar-refractivity contribution is 5.76. The van der Waals surface area contributed by atoms with Gasteiger partial charge in [-0.2, -0.15) is 0 Å². The highest BCUT2D eigenvalue weighted by Crippen LogP contribution is 2.17.